The highest BCUT2D eigenvalue weighted by Gasteiger charge is 2.15. The molecule has 1 fully saturated rings. The zero-order valence-electron chi connectivity index (χ0n) is 19.2. The van der Waals surface area contributed by atoms with E-state index in [4.69, 9.17) is 9.47 Å². The van der Waals surface area contributed by atoms with Crippen molar-refractivity contribution in [3.05, 3.63) is 54.1 Å². The van der Waals surface area contributed by atoms with Crippen molar-refractivity contribution in [3.8, 4) is 5.75 Å². The van der Waals surface area contributed by atoms with Crippen LogP contribution >= 0.6 is 0 Å². The molecule has 0 aromatic heterocycles. The van der Waals surface area contributed by atoms with Gasteiger partial charge in [-0.3, -0.25) is 9.59 Å². The molecule has 0 radical (unpaired) electrons. The Morgan fingerprint density at radius 2 is 1.70 bits per heavy atom. The molecule has 1 heterocycles. The number of ketones is 1. The van der Waals surface area contributed by atoms with Crippen LogP contribution in [0.4, 0.5) is 11.4 Å². The van der Waals surface area contributed by atoms with Crippen LogP contribution in [0.3, 0.4) is 0 Å². The molecule has 2 amide bonds. The summed E-state index contributed by atoms with van der Waals surface area (Å²) in [6.45, 7) is 4.48. The van der Waals surface area contributed by atoms with Crippen molar-refractivity contribution in [1.29, 1.82) is 0 Å². The molecule has 33 heavy (non-hydrogen) atoms. The Bertz CT molecular complexity index is 938. The fourth-order valence-corrected chi connectivity index (χ4v) is 3.41. The number of amides is 2. The van der Waals surface area contributed by atoms with Crippen molar-refractivity contribution in [3.63, 3.8) is 0 Å². The molecule has 8 heteroatoms. The summed E-state index contributed by atoms with van der Waals surface area (Å²) in [7, 11) is 1.57. The lowest BCUT2D eigenvalue weighted by Crippen LogP contribution is -2.37. The lowest BCUT2D eigenvalue weighted by atomic mass is 10.1. The van der Waals surface area contributed by atoms with Gasteiger partial charge in [-0.25, -0.2) is 0 Å². The molecule has 3 rings (SSSR count). The molecular weight excluding hydrogens is 422 g/mol. The van der Waals surface area contributed by atoms with Crippen LogP contribution in [0.1, 0.15) is 18.9 Å². The van der Waals surface area contributed by atoms with E-state index in [1.807, 2.05) is 36.4 Å². The van der Waals surface area contributed by atoms with Gasteiger partial charge >= 0.3 is 0 Å². The van der Waals surface area contributed by atoms with Crippen LogP contribution < -0.4 is 15.0 Å². The first kappa shape index (κ1) is 24.3. The van der Waals surface area contributed by atoms with E-state index in [1.165, 1.54) is 4.90 Å². The van der Waals surface area contributed by atoms with Crippen LogP contribution in [-0.2, 0) is 25.5 Å². The van der Waals surface area contributed by atoms with Gasteiger partial charge in [0.25, 0.3) is 5.91 Å². The number of rotatable bonds is 10. The molecule has 2 aromatic rings. The topological polar surface area (TPSA) is 88.2 Å². The number of nitrogens with zero attached hydrogens (tertiary/aromatic N) is 2. The Balaban J connectivity index is 1.40. The van der Waals surface area contributed by atoms with Crippen LogP contribution in [0.5, 0.6) is 5.75 Å². The van der Waals surface area contributed by atoms with Crippen LogP contribution in [0.25, 0.3) is 0 Å². The smallest absolute Gasteiger partial charge is 0.260 e. The van der Waals surface area contributed by atoms with Crippen LogP contribution in [0.15, 0.2) is 48.5 Å². The van der Waals surface area contributed by atoms with Crippen molar-refractivity contribution >= 4 is 29.0 Å². The summed E-state index contributed by atoms with van der Waals surface area (Å²) in [4.78, 5) is 39.3. The predicted octanol–water partition coefficient (Wildman–Crippen LogP) is 2.52. The maximum atomic E-state index is 12.3. The second-order valence-corrected chi connectivity index (χ2v) is 8.08. The molecular formula is C25H31N3O5. The second-order valence-electron chi connectivity index (χ2n) is 8.08. The van der Waals surface area contributed by atoms with Crippen molar-refractivity contribution in [1.82, 2.24) is 4.90 Å². The number of hydrogen-bond acceptors (Lipinski definition) is 6. The fourth-order valence-electron chi connectivity index (χ4n) is 3.41. The van der Waals surface area contributed by atoms with Gasteiger partial charge in [0.15, 0.2) is 6.61 Å². The molecule has 0 aliphatic carbocycles. The number of carbonyl (C=O) groups is 3. The maximum absolute atomic E-state index is 12.3. The van der Waals surface area contributed by atoms with Crippen molar-refractivity contribution in [2.45, 2.75) is 19.8 Å². The number of likely N-dealkylation sites (N-methyl/N-ethyl adjacent to an activating group) is 1. The van der Waals surface area contributed by atoms with E-state index in [-0.39, 0.29) is 30.7 Å². The van der Waals surface area contributed by atoms with E-state index in [0.717, 1.165) is 37.6 Å². The summed E-state index contributed by atoms with van der Waals surface area (Å²) in [6, 6.07) is 15.0. The molecule has 1 aliphatic heterocycles. The fraction of sp³-hybridized carbons (Fsp3) is 0.400. The number of carbonyl (C=O) groups excluding carboxylic acids is 3. The van der Waals surface area contributed by atoms with E-state index in [1.54, 1.807) is 26.1 Å². The van der Waals surface area contributed by atoms with E-state index in [0.29, 0.717) is 24.3 Å². The van der Waals surface area contributed by atoms with Crippen molar-refractivity contribution < 1.29 is 23.9 Å². The number of aryl methyl sites for hydroxylation is 1. The number of morpholine rings is 1. The van der Waals surface area contributed by atoms with E-state index < -0.39 is 0 Å². The lowest BCUT2D eigenvalue weighted by molar-refractivity contribution is -0.135. The van der Waals surface area contributed by atoms with Gasteiger partial charge in [0.1, 0.15) is 11.5 Å². The lowest BCUT2D eigenvalue weighted by Gasteiger charge is -2.28. The summed E-state index contributed by atoms with van der Waals surface area (Å²) in [5.41, 5.74) is 2.81. The quantitative estimate of drug-likeness (QED) is 0.595. The first-order valence-corrected chi connectivity index (χ1v) is 11.1. The molecule has 0 saturated carbocycles. The highest BCUT2D eigenvalue weighted by Crippen LogP contribution is 2.19. The Morgan fingerprint density at radius 3 is 2.33 bits per heavy atom. The first-order valence-electron chi connectivity index (χ1n) is 11.1. The molecule has 2 aromatic carbocycles. The monoisotopic (exact) mass is 453 g/mol. The summed E-state index contributed by atoms with van der Waals surface area (Å²) in [5.74, 6) is 0.138. The molecule has 1 saturated heterocycles. The number of nitrogens with one attached hydrogen (secondary N) is 1. The van der Waals surface area contributed by atoms with Gasteiger partial charge in [0, 0.05) is 37.9 Å². The summed E-state index contributed by atoms with van der Waals surface area (Å²) in [5, 5.41) is 2.82. The van der Waals surface area contributed by atoms with E-state index >= 15 is 0 Å². The van der Waals surface area contributed by atoms with Gasteiger partial charge in [-0.05, 0) is 55.3 Å². The van der Waals surface area contributed by atoms with Crippen molar-refractivity contribution in [2.24, 2.45) is 0 Å². The Labute approximate surface area is 194 Å². The summed E-state index contributed by atoms with van der Waals surface area (Å²) < 4.78 is 10.9. The van der Waals surface area contributed by atoms with Gasteiger partial charge in [-0.2, -0.15) is 0 Å². The second kappa shape index (κ2) is 12.0. The van der Waals surface area contributed by atoms with E-state index in [9.17, 15) is 14.4 Å². The van der Waals surface area contributed by atoms with Crippen LogP contribution in [-0.4, -0.2) is 69.0 Å². The molecule has 0 atom stereocenters. The molecule has 0 unspecified atom stereocenters. The molecule has 0 bridgehead atoms. The average Bonchev–Trinajstić information content (AvgIpc) is 2.82. The molecule has 1 N–H and O–H groups in total. The molecule has 1 aliphatic rings. The molecule has 176 valence electrons. The first-order chi connectivity index (χ1) is 15.9. The zero-order valence-corrected chi connectivity index (χ0v) is 19.2. The standard InChI is InChI=1S/C25H31N3O5/c1-19(29)3-4-20-5-11-23(12-6-20)33-18-25(31)27(2)17-24(30)26-21-7-9-22(10-8-21)28-13-15-32-16-14-28/h5-12H,3-4,13-18H2,1-2H3,(H,26,30). The van der Waals surface area contributed by atoms with Crippen molar-refractivity contribution in [2.75, 3.05) is 56.7 Å². The minimum atomic E-state index is -0.298. The van der Waals surface area contributed by atoms with Gasteiger partial charge in [0.05, 0.1) is 19.8 Å². The van der Waals surface area contributed by atoms with Gasteiger partial charge in [-0.15, -0.1) is 0 Å². The third-order valence-electron chi connectivity index (χ3n) is 5.39. The van der Waals surface area contributed by atoms with Gasteiger partial charge in [-0.1, -0.05) is 12.1 Å². The number of hydrogen-bond donors (Lipinski definition) is 1. The number of ether oxygens (including phenoxy) is 2. The normalized spacial score (nSPS) is 13.3. The molecule has 0 spiro atoms. The zero-order chi connectivity index (χ0) is 23.6. The number of benzene rings is 2. The largest absolute Gasteiger partial charge is 0.484 e. The van der Waals surface area contributed by atoms with Crippen LogP contribution in [0.2, 0.25) is 0 Å². The average molecular weight is 454 g/mol. The third-order valence-corrected chi connectivity index (χ3v) is 5.39. The van der Waals surface area contributed by atoms with Gasteiger partial charge < -0.3 is 29.4 Å². The highest BCUT2D eigenvalue weighted by atomic mass is 16.5. The molecule has 8 nitrogen and oxygen atoms in total. The predicted molar refractivity (Wildman–Crippen MR) is 127 cm³/mol. The number of anilines is 2. The van der Waals surface area contributed by atoms with E-state index in [2.05, 4.69) is 10.2 Å². The Kier molecular flexibility index (Phi) is 8.83. The highest BCUT2D eigenvalue weighted by molar-refractivity contribution is 5.94. The SMILES string of the molecule is CC(=O)CCc1ccc(OCC(=O)N(C)CC(=O)Nc2ccc(N3CCOCC3)cc2)cc1. The summed E-state index contributed by atoms with van der Waals surface area (Å²) >= 11 is 0. The maximum Gasteiger partial charge on any atom is 0.260 e. The summed E-state index contributed by atoms with van der Waals surface area (Å²) in [6.07, 6.45) is 1.19. The minimum absolute atomic E-state index is 0.0720. The Hall–Kier alpha value is -3.39. The number of Topliss-reactive ketones (excluding diaryl/α,β-unsaturated/α-hetero) is 1. The van der Waals surface area contributed by atoms with Gasteiger partial charge in [0.2, 0.25) is 5.91 Å². The minimum Gasteiger partial charge on any atom is -0.484 e. The van der Waals surface area contributed by atoms with Crippen LogP contribution in [0, 0.1) is 0 Å². The Morgan fingerprint density at radius 1 is 1.03 bits per heavy atom. The third kappa shape index (κ3) is 7.91.